The van der Waals surface area contributed by atoms with Crippen LogP contribution in [0.25, 0.3) is 0 Å². The Hall–Kier alpha value is -1.82. The fourth-order valence-corrected chi connectivity index (χ4v) is 3.92. The third-order valence-electron chi connectivity index (χ3n) is 5.64. The second-order valence-corrected chi connectivity index (χ2v) is 8.32. The molecule has 1 aliphatic rings. The Morgan fingerprint density at radius 2 is 1.83 bits per heavy atom. The van der Waals surface area contributed by atoms with Crippen LogP contribution >= 0.6 is 0 Å². The molecule has 0 bridgehead atoms. The quantitative estimate of drug-likeness (QED) is 0.383. The van der Waals surface area contributed by atoms with Crippen LogP contribution in [0, 0.1) is 0 Å². The van der Waals surface area contributed by atoms with Crippen molar-refractivity contribution in [1.29, 1.82) is 0 Å². The third-order valence-corrected chi connectivity index (χ3v) is 5.64. The van der Waals surface area contributed by atoms with Crippen molar-refractivity contribution in [2.75, 3.05) is 26.2 Å². The highest BCUT2D eigenvalue weighted by Gasteiger charge is 2.26. The zero-order valence-electron chi connectivity index (χ0n) is 18.9. The Morgan fingerprint density at radius 3 is 2.50 bits per heavy atom. The Morgan fingerprint density at radius 1 is 1.03 bits per heavy atom. The van der Waals surface area contributed by atoms with Gasteiger partial charge in [-0.1, -0.05) is 46.0 Å². The first-order valence-electron chi connectivity index (χ1n) is 11.8. The Balaban J connectivity index is 1.88. The predicted octanol–water partition coefficient (Wildman–Crippen LogP) is 4.78. The third kappa shape index (κ3) is 8.90. The first-order valence-corrected chi connectivity index (χ1v) is 11.8. The molecule has 1 atom stereocenters. The largest absolute Gasteiger partial charge is 0.467 e. The molecular formula is C24H40N2O4. The monoisotopic (exact) mass is 420 g/mol. The van der Waals surface area contributed by atoms with Gasteiger partial charge in [0, 0.05) is 26.1 Å². The van der Waals surface area contributed by atoms with Gasteiger partial charge in [0.15, 0.2) is 0 Å². The molecule has 2 heterocycles. The van der Waals surface area contributed by atoms with Crippen LogP contribution in [-0.4, -0.2) is 54.0 Å². The molecule has 1 aliphatic heterocycles. The topological polar surface area (TPSA) is 63.0 Å². The van der Waals surface area contributed by atoms with Crippen LogP contribution in [-0.2, 0) is 20.9 Å². The number of carbonyl (C=O) groups is 2. The number of amides is 2. The molecule has 1 aromatic heterocycles. The van der Waals surface area contributed by atoms with E-state index in [2.05, 4.69) is 6.92 Å². The fraction of sp³-hybridized carbons (Fsp3) is 0.750. The first-order chi connectivity index (χ1) is 14.6. The number of unbranched alkanes of at least 4 members (excludes halogenated alkanes) is 5. The summed E-state index contributed by atoms with van der Waals surface area (Å²) in [6, 6.07) is 3.71. The van der Waals surface area contributed by atoms with Crippen molar-refractivity contribution in [2.45, 2.75) is 90.7 Å². The van der Waals surface area contributed by atoms with Gasteiger partial charge in [0.2, 0.25) is 11.8 Å². The standard InChI is InChI=1S/C24H40N2O4/c1-3-5-6-7-8-9-14-23(27)25(15-4-2)20-24(28)26(18-21-12-10-16-29-21)19-22-13-11-17-30-22/h10,12,16,22H,3-9,11,13-15,17-20H2,1-2H3. The Bertz CT molecular complexity index is 596. The molecule has 6 nitrogen and oxygen atoms in total. The molecule has 0 spiro atoms. The van der Waals surface area contributed by atoms with E-state index in [4.69, 9.17) is 9.15 Å². The van der Waals surface area contributed by atoms with E-state index in [9.17, 15) is 9.59 Å². The van der Waals surface area contributed by atoms with Crippen LogP contribution in [0.2, 0.25) is 0 Å². The maximum Gasteiger partial charge on any atom is 0.242 e. The van der Waals surface area contributed by atoms with E-state index in [1.54, 1.807) is 16.1 Å². The van der Waals surface area contributed by atoms with Crippen LogP contribution in [0.4, 0.5) is 0 Å². The van der Waals surface area contributed by atoms with E-state index in [0.29, 0.717) is 26.1 Å². The number of ether oxygens (including phenoxy) is 1. The molecule has 2 rings (SSSR count). The van der Waals surface area contributed by atoms with E-state index < -0.39 is 0 Å². The van der Waals surface area contributed by atoms with Gasteiger partial charge in [-0.2, -0.15) is 0 Å². The second kappa shape index (κ2) is 14.2. The number of hydrogen-bond donors (Lipinski definition) is 0. The Labute approximate surface area is 181 Å². The van der Waals surface area contributed by atoms with Crippen molar-refractivity contribution in [2.24, 2.45) is 0 Å². The maximum atomic E-state index is 13.1. The van der Waals surface area contributed by atoms with Crippen molar-refractivity contribution in [3.63, 3.8) is 0 Å². The van der Waals surface area contributed by atoms with Crippen LogP contribution in [0.5, 0.6) is 0 Å². The van der Waals surface area contributed by atoms with Crippen molar-refractivity contribution in [1.82, 2.24) is 9.80 Å². The van der Waals surface area contributed by atoms with Gasteiger partial charge in [-0.3, -0.25) is 9.59 Å². The van der Waals surface area contributed by atoms with Crippen LogP contribution in [0.15, 0.2) is 22.8 Å². The van der Waals surface area contributed by atoms with Gasteiger partial charge in [0.1, 0.15) is 5.76 Å². The molecule has 0 N–H and O–H groups in total. The average molecular weight is 421 g/mol. The molecule has 6 heteroatoms. The number of rotatable bonds is 15. The van der Waals surface area contributed by atoms with Gasteiger partial charge in [-0.25, -0.2) is 0 Å². The molecule has 1 saturated heterocycles. The van der Waals surface area contributed by atoms with Crippen LogP contribution in [0.3, 0.4) is 0 Å². The van der Waals surface area contributed by atoms with Crippen molar-refractivity contribution >= 4 is 11.8 Å². The lowest BCUT2D eigenvalue weighted by Crippen LogP contribution is -2.45. The lowest BCUT2D eigenvalue weighted by atomic mass is 10.1. The van der Waals surface area contributed by atoms with E-state index in [1.807, 2.05) is 19.1 Å². The molecule has 30 heavy (non-hydrogen) atoms. The molecule has 1 aromatic rings. The van der Waals surface area contributed by atoms with Gasteiger partial charge in [-0.05, 0) is 37.8 Å². The first kappa shape index (κ1) is 24.4. The minimum atomic E-state index is -0.0355. The van der Waals surface area contributed by atoms with E-state index in [-0.39, 0.29) is 24.5 Å². The minimum Gasteiger partial charge on any atom is -0.467 e. The van der Waals surface area contributed by atoms with Gasteiger partial charge in [0.05, 0.1) is 25.5 Å². The number of hydrogen-bond acceptors (Lipinski definition) is 4. The van der Waals surface area contributed by atoms with E-state index in [1.165, 1.54) is 25.7 Å². The minimum absolute atomic E-state index is 0.0355. The molecule has 170 valence electrons. The SMILES string of the molecule is CCCCCCCCC(=O)N(CCC)CC(=O)N(Cc1ccco1)CC1CCCO1. The summed E-state index contributed by atoms with van der Waals surface area (Å²) in [4.78, 5) is 29.4. The normalized spacial score (nSPS) is 16.0. The average Bonchev–Trinajstić information content (AvgIpc) is 3.44. The van der Waals surface area contributed by atoms with Crippen LogP contribution in [0.1, 0.15) is 83.8 Å². The molecule has 1 fully saturated rings. The van der Waals surface area contributed by atoms with Crippen molar-refractivity contribution in [3.05, 3.63) is 24.2 Å². The molecule has 1 unspecified atom stereocenters. The highest BCUT2D eigenvalue weighted by Crippen LogP contribution is 2.16. The zero-order valence-corrected chi connectivity index (χ0v) is 18.9. The fourth-order valence-electron chi connectivity index (χ4n) is 3.92. The van der Waals surface area contributed by atoms with Crippen molar-refractivity contribution in [3.8, 4) is 0 Å². The van der Waals surface area contributed by atoms with E-state index >= 15 is 0 Å². The number of carbonyl (C=O) groups excluding carboxylic acids is 2. The predicted molar refractivity (Wildman–Crippen MR) is 118 cm³/mol. The summed E-state index contributed by atoms with van der Waals surface area (Å²) < 4.78 is 11.2. The zero-order chi connectivity index (χ0) is 21.6. The summed E-state index contributed by atoms with van der Waals surface area (Å²) in [6.45, 7) is 6.72. The number of nitrogens with zero attached hydrogens (tertiary/aromatic N) is 2. The smallest absolute Gasteiger partial charge is 0.242 e. The Kier molecular flexibility index (Phi) is 11.6. The van der Waals surface area contributed by atoms with Crippen molar-refractivity contribution < 1.29 is 18.7 Å². The summed E-state index contributed by atoms with van der Waals surface area (Å²) in [7, 11) is 0. The summed E-state index contributed by atoms with van der Waals surface area (Å²) in [5, 5.41) is 0. The lowest BCUT2D eigenvalue weighted by Gasteiger charge is -2.28. The summed E-state index contributed by atoms with van der Waals surface area (Å²) >= 11 is 0. The molecule has 0 radical (unpaired) electrons. The molecule has 0 aromatic carbocycles. The highest BCUT2D eigenvalue weighted by atomic mass is 16.5. The van der Waals surface area contributed by atoms with Gasteiger partial charge < -0.3 is 19.0 Å². The highest BCUT2D eigenvalue weighted by molar-refractivity contribution is 5.84. The molecule has 0 saturated carbocycles. The molecule has 0 aliphatic carbocycles. The molecule has 2 amide bonds. The second-order valence-electron chi connectivity index (χ2n) is 8.32. The van der Waals surface area contributed by atoms with Gasteiger partial charge in [-0.15, -0.1) is 0 Å². The maximum absolute atomic E-state index is 13.1. The van der Waals surface area contributed by atoms with Crippen LogP contribution < -0.4 is 0 Å². The van der Waals surface area contributed by atoms with E-state index in [0.717, 1.165) is 44.5 Å². The lowest BCUT2D eigenvalue weighted by molar-refractivity contribution is -0.142. The van der Waals surface area contributed by atoms with Gasteiger partial charge >= 0.3 is 0 Å². The molecular weight excluding hydrogens is 380 g/mol. The summed E-state index contributed by atoms with van der Waals surface area (Å²) in [5.41, 5.74) is 0. The number of furan rings is 1. The summed E-state index contributed by atoms with van der Waals surface area (Å²) in [6.07, 6.45) is 12.0. The summed E-state index contributed by atoms with van der Waals surface area (Å²) in [5.74, 6) is 0.809. The van der Waals surface area contributed by atoms with Gasteiger partial charge in [0.25, 0.3) is 0 Å².